The van der Waals surface area contributed by atoms with E-state index in [9.17, 15) is 0 Å². The molecule has 1 heterocycles. The summed E-state index contributed by atoms with van der Waals surface area (Å²) >= 11 is 9.14. The summed E-state index contributed by atoms with van der Waals surface area (Å²) in [7, 11) is 0. The van der Waals surface area contributed by atoms with E-state index in [1.807, 2.05) is 0 Å². The molecule has 74 valence electrons. The highest BCUT2D eigenvalue weighted by Gasteiger charge is 2.00. The molecule has 1 aromatic carbocycles. The predicted octanol–water partition coefficient (Wildman–Crippen LogP) is 4.03. The Labute approximate surface area is 96.8 Å². The van der Waals surface area contributed by atoms with Crippen molar-refractivity contribution in [2.45, 2.75) is 13.0 Å². The van der Waals surface area contributed by atoms with Gasteiger partial charge in [-0.15, -0.1) is 11.6 Å². The first kappa shape index (κ1) is 10.1. The largest absolute Gasteiger partial charge is 0.347 e. The second-order valence-electron chi connectivity index (χ2n) is 3.25. The molecule has 0 saturated carbocycles. The van der Waals surface area contributed by atoms with Gasteiger partial charge in [-0.1, -0.05) is 15.9 Å². The molecule has 0 atom stereocenters. The molecule has 0 aliphatic carbocycles. The fraction of sp³-hybridized carbons (Fsp3) is 0.273. The molecule has 1 aromatic heterocycles. The molecular formula is C11H11BrClN. The smallest absolute Gasteiger partial charge is 0.0481 e. The Morgan fingerprint density at radius 3 is 2.93 bits per heavy atom. The number of halogens is 2. The number of fused-ring (bicyclic) bond motifs is 1. The van der Waals surface area contributed by atoms with Crippen LogP contribution < -0.4 is 0 Å². The van der Waals surface area contributed by atoms with Crippen LogP contribution in [-0.4, -0.2) is 10.4 Å². The van der Waals surface area contributed by atoms with Crippen molar-refractivity contribution in [3.05, 3.63) is 34.9 Å². The predicted molar refractivity (Wildman–Crippen MR) is 65.0 cm³/mol. The summed E-state index contributed by atoms with van der Waals surface area (Å²) in [4.78, 5) is 0. The molecule has 14 heavy (non-hydrogen) atoms. The summed E-state index contributed by atoms with van der Waals surface area (Å²) in [6, 6.07) is 8.47. The molecule has 0 bridgehead atoms. The van der Waals surface area contributed by atoms with Gasteiger partial charge >= 0.3 is 0 Å². The van der Waals surface area contributed by atoms with Crippen molar-refractivity contribution >= 4 is 38.4 Å². The molecule has 0 fully saturated rings. The van der Waals surface area contributed by atoms with Crippen LogP contribution >= 0.6 is 27.5 Å². The molecule has 1 nitrogen and oxygen atoms in total. The van der Waals surface area contributed by atoms with Crippen LogP contribution in [-0.2, 0) is 6.54 Å². The first-order valence-corrected chi connectivity index (χ1v) is 5.94. The monoisotopic (exact) mass is 271 g/mol. The van der Waals surface area contributed by atoms with E-state index in [-0.39, 0.29) is 0 Å². The van der Waals surface area contributed by atoms with E-state index in [4.69, 9.17) is 11.6 Å². The van der Waals surface area contributed by atoms with Crippen molar-refractivity contribution in [3.63, 3.8) is 0 Å². The van der Waals surface area contributed by atoms with Crippen molar-refractivity contribution in [1.82, 2.24) is 4.57 Å². The summed E-state index contributed by atoms with van der Waals surface area (Å²) in [5.41, 5.74) is 1.28. The third-order valence-electron chi connectivity index (χ3n) is 2.27. The summed E-state index contributed by atoms with van der Waals surface area (Å²) < 4.78 is 3.37. The lowest BCUT2D eigenvalue weighted by atomic mass is 10.2. The maximum Gasteiger partial charge on any atom is 0.0481 e. The molecule has 0 N–H and O–H groups in total. The normalized spacial score (nSPS) is 11.0. The topological polar surface area (TPSA) is 4.93 Å². The number of nitrogens with zero attached hydrogens (tertiary/aromatic N) is 1. The lowest BCUT2D eigenvalue weighted by Gasteiger charge is -2.03. The Kier molecular flexibility index (Phi) is 3.14. The first-order valence-electron chi connectivity index (χ1n) is 4.61. The van der Waals surface area contributed by atoms with Gasteiger partial charge in [-0.2, -0.15) is 0 Å². The van der Waals surface area contributed by atoms with Gasteiger partial charge < -0.3 is 4.57 Å². The van der Waals surface area contributed by atoms with E-state index in [0.29, 0.717) is 0 Å². The SMILES string of the molecule is ClCCCn1ccc2cc(Br)ccc21. The van der Waals surface area contributed by atoms with E-state index in [1.54, 1.807) is 0 Å². The summed E-state index contributed by atoms with van der Waals surface area (Å²) in [6.45, 7) is 0.995. The number of rotatable bonds is 3. The zero-order valence-corrected chi connectivity index (χ0v) is 10.1. The van der Waals surface area contributed by atoms with Crippen LogP contribution in [0.15, 0.2) is 34.9 Å². The lowest BCUT2D eigenvalue weighted by Crippen LogP contribution is -1.95. The van der Waals surface area contributed by atoms with E-state index >= 15 is 0 Å². The van der Waals surface area contributed by atoms with Gasteiger partial charge in [-0.05, 0) is 30.7 Å². The van der Waals surface area contributed by atoms with Crippen LogP contribution in [0.5, 0.6) is 0 Å². The Morgan fingerprint density at radius 1 is 1.29 bits per heavy atom. The van der Waals surface area contributed by atoms with Crippen molar-refractivity contribution in [2.75, 3.05) is 5.88 Å². The Bertz CT molecular complexity index is 436. The van der Waals surface area contributed by atoms with Gasteiger partial charge in [0, 0.05) is 34.0 Å². The van der Waals surface area contributed by atoms with Gasteiger partial charge in [0.05, 0.1) is 0 Å². The number of hydrogen-bond donors (Lipinski definition) is 0. The number of hydrogen-bond acceptors (Lipinski definition) is 0. The highest BCUT2D eigenvalue weighted by molar-refractivity contribution is 9.10. The third-order valence-corrected chi connectivity index (χ3v) is 3.03. The van der Waals surface area contributed by atoms with Gasteiger partial charge in [-0.3, -0.25) is 0 Å². The Hall–Kier alpha value is -0.470. The molecule has 0 saturated heterocycles. The average molecular weight is 273 g/mol. The minimum Gasteiger partial charge on any atom is -0.347 e. The highest BCUT2D eigenvalue weighted by atomic mass is 79.9. The highest BCUT2D eigenvalue weighted by Crippen LogP contribution is 2.21. The van der Waals surface area contributed by atoms with Crippen LogP contribution in [0.3, 0.4) is 0 Å². The summed E-state index contributed by atoms with van der Waals surface area (Å²) in [5.74, 6) is 0.718. The van der Waals surface area contributed by atoms with Crippen molar-refractivity contribution in [1.29, 1.82) is 0 Å². The Balaban J connectivity index is 2.37. The summed E-state index contributed by atoms with van der Waals surface area (Å²) in [6.07, 6.45) is 3.13. The van der Waals surface area contributed by atoms with Gasteiger partial charge in [0.2, 0.25) is 0 Å². The second-order valence-corrected chi connectivity index (χ2v) is 4.55. The number of aryl methyl sites for hydroxylation is 1. The fourth-order valence-electron chi connectivity index (χ4n) is 1.60. The molecule has 0 amide bonds. The van der Waals surface area contributed by atoms with Crippen molar-refractivity contribution in [2.24, 2.45) is 0 Å². The van der Waals surface area contributed by atoms with E-state index < -0.39 is 0 Å². The third kappa shape index (κ3) is 1.96. The number of alkyl halides is 1. The van der Waals surface area contributed by atoms with Gasteiger partial charge in [0.15, 0.2) is 0 Å². The minimum absolute atomic E-state index is 0.718. The van der Waals surface area contributed by atoms with Crippen LogP contribution in [0.4, 0.5) is 0 Å². The Morgan fingerprint density at radius 2 is 2.14 bits per heavy atom. The molecule has 3 heteroatoms. The maximum atomic E-state index is 5.67. The van der Waals surface area contributed by atoms with Gasteiger partial charge in [0.25, 0.3) is 0 Å². The number of benzene rings is 1. The molecular weight excluding hydrogens is 261 g/mol. The van der Waals surface area contributed by atoms with E-state index in [2.05, 4.69) is 51.0 Å². The standard InChI is InChI=1S/C11H11BrClN/c12-10-2-3-11-9(8-10)4-7-14(11)6-1-5-13/h2-4,7-8H,1,5-6H2. The molecule has 2 rings (SSSR count). The lowest BCUT2D eigenvalue weighted by molar-refractivity contribution is 0.707. The second kappa shape index (κ2) is 4.37. The zero-order chi connectivity index (χ0) is 9.97. The van der Waals surface area contributed by atoms with E-state index in [1.165, 1.54) is 10.9 Å². The number of aromatic nitrogens is 1. The maximum absolute atomic E-state index is 5.67. The van der Waals surface area contributed by atoms with Gasteiger partial charge in [-0.25, -0.2) is 0 Å². The molecule has 0 aliphatic heterocycles. The van der Waals surface area contributed by atoms with Crippen LogP contribution in [0, 0.1) is 0 Å². The van der Waals surface area contributed by atoms with Crippen LogP contribution in [0.1, 0.15) is 6.42 Å². The van der Waals surface area contributed by atoms with Crippen LogP contribution in [0.2, 0.25) is 0 Å². The molecule has 0 aliphatic rings. The van der Waals surface area contributed by atoms with Crippen molar-refractivity contribution in [3.8, 4) is 0 Å². The molecule has 2 aromatic rings. The van der Waals surface area contributed by atoms with Crippen molar-refractivity contribution < 1.29 is 0 Å². The minimum atomic E-state index is 0.718. The van der Waals surface area contributed by atoms with Gasteiger partial charge in [0.1, 0.15) is 0 Å². The fourth-order valence-corrected chi connectivity index (χ4v) is 2.09. The molecule has 0 radical (unpaired) electrons. The first-order chi connectivity index (χ1) is 6.81. The van der Waals surface area contributed by atoms with E-state index in [0.717, 1.165) is 23.3 Å². The molecule has 0 unspecified atom stereocenters. The molecule has 0 spiro atoms. The zero-order valence-electron chi connectivity index (χ0n) is 7.71. The van der Waals surface area contributed by atoms with Crippen LogP contribution in [0.25, 0.3) is 10.9 Å². The summed E-state index contributed by atoms with van der Waals surface area (Å²) in [5, 5.41) is 1.27. The quantitative estimate of drug-likeness (QED) is 0.743. The average Bonchev–Trinajstić information content (AvgIpc) is 2.57.